The second-order valence-corrected chi connectivity index (χ2v) is 6.89. The Hall–Kier alpha value is -3.36. The summed E-state index contributed by atoms with van der Waals surface area (Å²) in [6.07, 6.45) is -4.68. The Bertz CT molecular complexity index is 1020. The van der Waals surface area contributed by atoms with E-state index in [0.717, 1.165) is 12.1 Å². The Morgan fingerprint density at radius 2 is 1.87 bits per heavy atom. The predicted molar refractivity (Wildman–Crippen MR) is 107 cm³/mol. The lowest BCUT2D eigenvalue weighted by Gasteiger charge is -2.21. The van der Waals surface area contributed by atoms with Crippen LogP contribution in [0, 0.1) is 0 Å². The molecule has 0 saturated carbocycles. The van der Waals surface area contributed by atoms with Crippen LogP contribution in [0.1, 0.15) is 53.4 Å². The van der Waals surface area contributed by atoms with Crippen molar-refractivity contribution in [3.05, 3.63) is 64.7 Å². The zero-order valence-corrected chi connectivity index (χ0v) is 17.2. The van der Waals surface area contributed by atoms with Gasteiger partial charge in [-0.25, -0.2) is 9.80 Å². The Labute approximate surface area is 177 Å². The summed E-state index contributed by atoms with van der Waals surface area (Å²) in [7, 11) is 1.34. The maximum Gasteiger partial charge on any atom is 0.416 e. The lowest BCUT2D eigenvalue weighted by atomic mass is 10.0. The lowest BCUT2D eigenvalue weighted by Crippen LogP contribution is -2.24. The number of hydrogen-bond donors (Lipinski definition) is 0. The Kier molecular flexibility index (Phi) is 6.33. The van der Waals surface area contributed by atoms with Gasteiger partial charge in [-0.05, 0) is 49.7 Å². The third kappa shape index (κ3) is 4.70. The van der Waals surface area contributed by atoms with Crippen molar-refractivity contribution in [2.24, 2.45) is 5.10 Å². The fourth-order valence-electron chi connectivity index (χ4n) is 3.26. The highest BCUT2D eigenvalue weighted by molar-refractivity contribution is 6.15. The minimum Gasteiger partial charge on any atom is -0.496 e. The second-order valence-electron chi connectivity index (χ2n) is 6.89. The number of hydrazone groups is 1. The van der Waals surface area contributed by atoms with E-state index in [1.54, 1.807) is 38.1 Å². The molecule has 6 nitrogen and oxygen atoms in total. The first-order chi connectivity index (χ1) is 14.7. The van der Waals surface area contributed by atoms with E-state index in [-0.39, 0.29) is 36.0 Å². The predicted octanol–water partition coefficient (Wildman–Crippen LogP) is 4.59. The van der Waals surface area contributed by atoms with Gasteiger partial charge in [0, 0.05) is 5.56 Å². The van der Waals surface area contributed by atoms with Crippen molar-refractivity contribution in [2.45, 2.75) is 32.5 Å². The first-order valence-electron chi connectivity index (χ1n) is 9.58. The van der Waals surface area contributed by atoms with E-state index < -0.39 is 23.8 Å². The molecule has 1 aliphatic rings. The van der Waals surface area contributed by atoms with Gasteiger partial charge < -0.3 is 9.47 Å². The third-order valence-corrected chi connectivity index (χ3v) is 4.91. The van der Waals surface area contributed by atoms with E-state index >= 15 is 0 Å². The summed E-state index contributed by atoms with van der Waals surface area (Å²) in [6, 6.07) is 9.13. The van der Waals surface area contributed by atoms with Crippen molar-refractivity contribution in [1.29, 1.82) is 0 Å². The largest absolute Gasteiger partial charge is 0.496 e. The average Bonchev–Trinajstić information content (AvgIpc) is 3.13. The molecule has 1 aliphatic heterocycles. The summed E-state index contributed by atoms with van der Waals surface area (Å²) in [5, 5.41) is 5.53. The van der Waals surface area contributed by atoms with Gasteiger partial charge in [-0.2, -0.15) is 18.3 Å². The van der Waals surface area contributed by atoms with Crippen LogP contribution in [0.15, 0.2) is 47.6 Å². The average molecular weight is 434 g/mol. The molecule has 1 heterocycles. The molecule has 164 valence electrons. The van der Waals surface area contributed by atoms with Crippen LogP contribution in [0.4, 0.5) is 13.2 Å². The zero-order valence-electron chi connectivity index (χ0n) is 17.2. The molecule has 0 bridgehead atoms. The Balaban J connectivity index is 1.89. The van der Waals surface area contributed by atoms with Gasteiger partial charge in [0.05, 0.1) is 43.0 Å². The van der Waals surface area contributed by atoms with E-state index in [4.69, 9.17) is 9.47 Å². The van der Waals surface area contributed by atoms with Crippen LogP contribution in [-0.2, 0) is 15.7 Å². The van der Waals surface area contributed by atoms with Gasteiger partial charge >= 0.3 is 12.1 Å². The molecule has 0 spiro atoms. The number of rotatable bonds is 6. The molecule has 0 radical (unpaired) electrons. The molecule has 31 heavy (non-hydrogen) atoms. The number of amides is 1. The number of carbonyl (C=O) groups is 2. The molecule has 0 saturated heterocycles. The molecule has 0 unspecified atom stereocenters. The number of halogens is 3. The molecule has 0 fully saturated rings. The minimum absolute atomic E-state index is 0.123. The normalized spacial score (nSPS) is 15.0. The summed E-state index contributed by atoms with van der Waals surface area (Å²) in [6.45, 7) is 3.71. The molecule has 0 aliphatic carbocycles. The summed E-state index contributed by atoms with van der Waals surface area (Å²) in [4.78, 5) is 24.4. The van der Waals surface area contributed by atoms with E-state index in [9.17, 15) is 22.8 Å². The molecule has 0 N–H and O–H groups in total. The number of methoxy groups -OCH3 is 1. The van der Waals surface area contributed by atoms with Crippen LogP contribution in [0.2, 0.25) is 0 Å². The third-order valence-electron chi connectivity index (χ3n) is 4.91. The molecule has 9 heteroatoms. The number of alkyl halides is 3. The van der Waals surface area contributed by atoms with Crippen molar-refractivity contribution in [3.8, 4) is 5.75 Å². The Morgan fingerprint density at radius 1 is 1.19 bits per heavy atom. The van der Waals surface area contributed by atoms with Gasteiger partial charge in [0.25, 0.3) is 0 Å². The SMILES string of the molecule is CCOC(=O)c1ccc([C@H](C)N2N=C(c3cc(C(F)(F)F)ccc3OC)CC2=O)cc1. The summed E-state index contributed by atoms with van der Waals surface area (Å²) < 4.78 is 49.5. The van der Waals surface area contributed by atoms with Gasteiger partial charge in [-0.3, -0.25) is 4.79 Å². The highest BCUT2D eigenvalue weighted by atomic mass is 19.4. The van der Waals surface area contributed by atoms with Gasteiger partial charge in [0.15, 0.2) is 0 Å². The number of hydrogen-bond acceptors (Lipinski definition) is 5. The van der Waals surface area contributed by atoms with Gasteiger partial charge in [0.2, 0.25) is 5.91 Å². The Morgan fingerprint density at radius 3 is 2.45 bits per heavy atom. The molecule has 0 aromatic heterocycles. The monoisotopic (exact) mass is 434 g/mol. The van der Waals surface area contributed by atoms with Crippen LogP contribution < -0.4 is 4.74 Å². The van der Waals surface area contributed by atoms with Gasteiger partial charge in [-0.15, -0.1) is 0 Å². The van der Waals surface area contributed by atoms with E-state index in [1.807, 2.05) is 0 Å². The minimum atomic E-state index is -4.53. The number of esters is 1. The smallest absolute Gasteiger partial charge is 0.416 e. The molecule has 3 rings (SSSR count). The maximum absolute atomic E-state index is 13.1. The molecule has 2 aromatic rings. The lowest BCUT2D eigenvalue weighted by molar-refractivity contribution is -0.137. The molecular formula is C22H21F3N2O4. The number of nitrogens with zero attached hydrogens (tertiary/aromatic N) is 2. The van der Waals surface area contributed by atoms with Crippen molar-refractivity contribution in [2.75, 3.05) is 13.7 Å². The van der Waals surface area contributed by atoms with E-state index in [0.29, 0.717) is 11.1 Å². The summed E-state index contributed by atoms with van der Waals surface area (Å²) >= 11 is 0. The van der Waals surface area contributed by atoms with Gasteiger partial charge in [-0.1, -0.05) is 12.1 Å². The van der Waals surface area contributed by atoms with Crippen LogP contribution in [0.3, 0.4) is 0 Å². The van der Waals surface area contributed by atoms with Gasteiger partial charge in [0.1, 0.15) is 5.75 Å². The molecular weight excluding hydrogens is 413 g/mol. The quantitative estimate of drug-likeness (QED) is 0.624. The van der Waals surface area contributed by atoms with Crippen LogP contribution in [-0.4, -0.2) is 36.3 Å². The number of carbonyl (C=O) groups excluding carboxylic acids is 2. The first-order valence-corrected chi connectivity index (χ1v) is 9.58. The van der Waals surface area contributed by atoms with Crippen molar-refractivity contribution >= 4 is 17.6 Å². The highest BCUT2D eigenvalue weighted by Crippen LogP contribution is 2.35. The molecule has 2 aromatic carbocycles. The second kappa shape index (κ2) is 8.79. The van der Waals surface area contributed by atoms with Crippen molar-refractivity contribution < 1.29 is 32.2 Å². The first kappa shape index (κ1) is 22.3. The van der Waals surface area contributed by atoms with Crippen LogP contribution in [0.5, 0.6) is 5.75 Å². The van der Waals surface area contributed by atoms with Crippen molar-refractivity contribution in [1.82, 2.24) is 5.01 Å². The molecule has 1 atom stereocenters. The van der Waals surface area contributed by atoms with Crippen LogP contribution >= 0.6 is 0 Å². The number of benzene rings is 2. The van der Waals surface area contributed by atoms with E-state index in [2.05, 4.69) is 5.10 Å². The van der Waals surface area contributed by atoms with Crippen molar-refractivity contribution in [3.63, 3.8) is 0 Å². The topological polar surface area (TPSA) is 68.2 Å². The number of ether oxygens (including phenoxy) is 2. The molecule has 1 amide bonds. The fraction of sp³-hybridized carbons (Fsp3) is 0.318. The maximum atomic E-state index is 13.1. The zero-order chi connectivity index (χ0) is 22.8. The highest BCUT2D eigenvalue weighted by Gasteiger charge is 2.34. The summed E-state index contributed by atoms with van der Waals surface area (Å²) in [5.74, 6) is -0.597. The van der Waals surface area contributed by atoms with Crippen LogP contribution in [0.25, 0.3) is 0 Å². The summed E-state index contributed by atoms with van der Waals surface area (Å²) in [5.41, 5.74) is 0.561. The van der Waals surface area contributed by atoms with E-state index in [1.165, 1.54) is 18.2 Å². The fourth-order valence-corrected chi connectivity index (χ4v) is 3.26. The standard InChI is InChI=1S/C22H21F3N2O4/c1-4-31-21(29)15-7-5-14(6-8-15)13(2)27-20(28)12-18(26-27)17-11-16(22(23,24)25)9-10-19(17)30-3/h5-11,13H,4,12H2,1-3H3/t13-/m0/s1.